The largest absolute Gasteiger partial charge is 0.497 e. The molecule has 0 saturated carbocycles. The van der Waals surface area contributed by atoms with E-state index in [2.05, 4.69) is 10.3 Å². The van der Waals surface area contributed by atoms with Crippen molar-refractivity contribution in [1.29, 1.82) is 0 Å². The van der Waals surface area contributed by atoms with Crippen molar-refractivity contribution in [3.63, 3.8) is 0 Å². The van der Waals surface area contributed by atoms with E-state index in [9.17, 15) is 9.18 Å². The van der Waals surface area contributed by atoms with Gasteiger partial charge in [-0.15, -0.1) is 0 Å². The quantitative estimate of drug-likeness (QED) is 0.850. The molecule has 0 saturated heterocycles. The Kier molecular flexibility index (Phi) is 4.65. The van der Waals surface area contributed by atoms with Gasteiger partial charge in [0.1, 0.15) is 5.75 Å². The lowest BCUT2D eigenvalue weighted by Gasteiger charge is -2.07. The summed E-state index contributed by atoms with van der Waals surface area (Å²) in [5.41, 5.74) is 0.995. The zero-order valence-corrected chi connectivity index (χ0v) is 11.1. The fraction of sp³-hybridized carbons (Fsp3) is 0.200. The molecule has 4 nitrogen and oxygen atoms in total. The number of carbonyl (C=O) groups excluding carboxylic acids is 1. The fourth-order valence-corrected chi connectivity index (χ4v) is 1.80. The van der Waals surface area contributed by atoms with Crippen molar-refractivity contribution in [2.24, 2.45) is 0 Å². The Morgan fingerprint density at radius 1 is 1.35 bits per heavy atom. The lowest BCUT2D eigenvalue weighted by Crippen LogP contribution is -2.26. The molecular weight excluding hydrogens is 259 g/mol. The molecule has 0 aliphatic heterocycles. The number of carbonyl (C=O) groups is 1. The van der Waals surface area contributed by atoms with E-state index in [0.29, 0.717) is 13.0 Å². The number of nitrogens with one attached hydrogen (secondary N) is 1. The summed E-state index contributed by atoms with van der Waals surface area (Å²) in [5, 5.41) is 2.67. The van der Waals surface area contributed by atoms with Crippen LogP contribution in [0.1, 0.15) is 15.9 Å². The van der Waals surface area contributed by atoms with Gasteiger partial charge in [0, 0.05) is 12.7 Å². The van der Waals surface area contributed by atoms with Gasteiger partial charge in [0.15, 0.2) is 0 Å². The second kappa shape index (κ2) is 6.65. The minimum absolute atomic E-state index is 0.0434. The number of benzene rings is 1. The van der Waals surface area contributed by atoms with Crippen LogP contribution in [0.5, 0.6) is 5.75 Å². The number of rotatable bonds is 5. The van der Waals surface area contributed by atoms with Gasteiger partial charge in [0.05, 0.1) is 12.7 Å². The number of nitrogens with zero attached hydrogens (tertiary/aromatic N) is 1. The Hall–Kier alpha value is -2.43. The van der Waals surface area contributed by atoms with E-state index < -0.39 is 11.9 Å². The molecule has 0 aliphatic carbocycles. The smallest absolute Gasteiger partial charge is 0.255 e. The van der Waals surface area contributed by atoms with Crippen molar-refractivity contribution in [2.45, 2.75) is 6.42 Å². The number of hydrogen-bond donors (Lipinski definition) is 1. The van der Waals surface area contributed by atoms with E-state index in [1.54, 1.807) is 7.11 Å². The normalized spacial score (nSPS) is 10.1. The van der Waals surface area contributed by atoms with E-state index in [4.69, 9.17) is 4.74 Å². The molecule has 0 aliphatic rings. The minimum atomic E-state index is -0.758. The monoisotopic (exact) mass is 274 g/mol. The van der Waals surface area contributed by atoms with Crippen LogP contribution in [0, 0.1) is 5.95 Å². The van der Waals surface area contributed by atoms with Crippen molar-refractivity contribution >= 4 is 5.91 Å². The second-order valence-corrected chi connectivity index (χ2v) is 4.20. The topological polar surface area (TPSA) is 51.2 Å². The summed E-state index contributed by atoms with van der Waals surface area (Å²) in [6.07, 6.45) is 1.95. The standard InChI is InChI=1S/C15H15FN2O2/c1-20-12-5-2-4-11(10-12)7-9-18-15(19)13-6-3-8-17-14(13)16/h2-6,8,10H,7,9H2,1H3,(H,18,19). The maximum atomic E-state index is 13.3. The average Bonchev–Trinajstić information content (AvgIpc) is 2.48. The molecule has 1 N–H and O–H groups in total. The van der Waals surface area contributed by atoms with Crippen LogP contribution in [0.15, 0.2) is 42.6 Å². The van der Waals surface area contributed by atoms with Crippen LogP contribution < -0.4 is 10.1 Å². The third-order valence-electron chi connectivity index (χ3n) is 2.84. The first kappa shape index (κ1) is 14.0. The molecule has 0 unspecified atom stereocenters. The number of aromatic nitrogens is 1. The summed E-state index contributed by atoms with van der Waals surface area (Å²) in [5.74, 6) is -0.447. The SMILES string of the molecule is COc1cccc(CCNC(=O)c2cccnc2F)c1. The molecule has 2 aromatic rings. The van der Waals surface area contributed by atoms with E-state index in [1.165, 1.54) is 18.3 Å². The van der Waals surface area contributed by atoms with Gasteiger partial charge in [-0.05, 0) is 36.2 Å². The van der Waals surface area contributed by atoms with Crippen LogP contribution in [-0.4, -0.2) is 24.5 Å². The number of amides is 1. The summed E-state index contributed by atoms with van der Waals surface area (Å²) < 4.78 is 18.4. The van der Waals surface area contributed by atoms with Crippen LogP contribution >= 0.6 is 0 Å². The highest BCUT2D eigenvalue weighted by Gasteiger charge is 2.10. The number of hydrogen-bond acceptors (Lipinski definition) is 3. The molecule has 20 heavy (non-hydrogen) atoms. The van der Waals surface area contributed by atoms with E-state index >= 15 is 0 Å². The molecule has 5 heteroatoms. The van der Waals surface area contributed by atoms with Crippen LogP contribution in [-0.2, 0) is 6.42 Å². The van der Waals surface area contributed by atoms with Crippen LogP contribution in [0.25, 0.3) is 0 Å². The molecule has 1 amide bonds. The zero-order valence-electron chi connectivity index (χ0n) is 11.1. The molecular formula is C15H15FN2O2. The van der Waals surface area contributed by atoms with E-state index in [-0.39, 0.29) is 5.56 Å². The van der Waals surface area contributed by atoms with Crippen LogP contribution in [0.2, 0.25) is 0 Å². The minimum Gasteiger partial charge on any atom is -0.497 e. The highest BCUT2D eigenvalue weighted by Crippen LogP contribution is 2.12. The van der Waals surface area contributed by atoms with Crippen molar-refractivity contribution in [1.82, 2.24) is 10.3 Å². The first-order valence-corrected chi connectivity index (χ1v) is 6.22. The molecule has 104 valence electrons. The predicted molar refractivity (Wildman–Crippen MR) is 73.2 cm³/mol. The number of ether oxygens (including phenoxy) is 1. The number of halogens is 1. The van der Waals surface area contributed by atoms with Crippen molar-refractivity contribution in [3.8, 4) is 5.75 Å². The Bertz CT molecular complexity index is 602. The van der Waals surface area contributed by atoms with Gasteiger partial charge in [0.2, 0.25) is 5.95 Å². The Morgan fingerprint density at radius 2 is 2.20 bits per heavy atom. The van der Waals surface area contributed by atoms with E-state index in [0.717, 1.165) is 11.3 Å². The Morgan fingerprint density at radius 3 is 2.95 bits per heavy atom. The first-order chi connectivity index (χ1) is 9.70. The highest BCUT2D eigenvalue weighted by atomic mass is 19.1. The molecule has 0 fully saturated rings. The lowest BCUT2D eigenvalue weighted by atomic mass is 10.1. The van der Waals surface area contributed by atoms with E-state index in [1.807, 2.05) is 24.3 Å². The molecule has 0 radical (unpaired) electrons. The molecule has 1 heterocycles. The summed E-state index contributed by atoms with van der Waals surface area (Å²) in [7, 11) is 1.60. The third kappa shape index (κ3) is 3.54. The lowest BCUT2D eigenvalue weighted by molar-refractivity contribution is 0.0949. The molecule has 0 atom stereocenters. The van der Waals surface area contributed by atoms with Crippen LogP contribution in [0.4, 0.5) is 4.39 Å². The Labute approximate surface area is 116 Å². The molecule has 2 rings (SSSR count). The number of pyridine rings is 1. The summed E-state index contributed by atoms with van der Waals surface area (Å²) in [6.45, 7) is 0.417. The predicted octanol–water partition coefficient (Wildman–Crippen LogP) is 2.20. The van der Waals surface area contributed by atoms with Gasteiger partial charge < -0.3 is 10.1 Å². The average molecular weight is 274 g/mol. The maximum Gasteiger partial charge on any atom is 0.255 e. The molecule has 0 spiro atoms. The van der Waals surface area contributed by atoms with Gasteiger partial charge in [0.25, 0.3) is 5.91 Å². The van der Waals surface area contributed by atoms with Gasteiger partial charge >= 0.3 is 0 Å². The van der Waals surface area contributed by atoms with Crippen molar-refractivity contribution < 1.29 is 13.9 Å². The zero-order chi connectivity index (χ0) is 14.4. The fourth-order valence-electron chi connectivity index (χ4n) is 1.80. The number of methoxy groups -OCH3 is 1. The first-order valence-electron chi connectivity index (χ1n) is 6.22. The van der Waals surface area contributed by atoms with Crippen molar-refractivity contribution in [2.75, 3.05) is 13.7 Å². The van der Waals surface area contributed by atoms with Gasteiger partial charge in [-0.3, -0.25) is 4.79 Å². The summed E-state index contributed by atoms with van der Waals surface area (Å²) >= 11 is 0. The Balaban J connectivity index is 1.89. The molecule has 1 aromatic carbocycles. The maximum absolute atomic E-state index is 13.3. The van der Waals surface area contributed by atoms with Crippen molar-refractivity contribution in [3.05, 3.63) is 59.7 Å². The highest BCUT2D eigenvalue weighted by molar-refractivity contribution is 5.94. The summed E-state index contributed by atoms with van der Waals surface area (Å²) in [4.78, 5) is 15.2. The second-order valence-electron chi connectivity index (χ2n) is 4.20. The molecule has 1 aromatic heterocycles. The van der Waals surface area contributed by atoms with Gasteiger partial charge in [-0.1, -0.05) is 12.1 Å². The molecule has 0 bridgehead atoms. The summed E-state index contributed by atoms with van der Waals surface area (Å²) in [6, 6.07) is 10.5. The van der Waals surface area contributed by atoms with Gasteiger partial charge in [-0.25, -0.2) is 4.98 Å². The third-order valence-corrected chi connectivity index (χ3v) is 2.84. The van der Waals surface area contributed by atoms with Gasteiger partial charge in [-0.2, -0.15) is 4.39 Å². The van der Waals surface area contributed by atoms with Crippen LogP contribution in [0.3, 0.4) is 0 Å².